The Hall–Kier alpha value is -0.830. The van der Waals surface area contributed by atoms with E-state index >= 15 is 0 Å². The second kappa shape index (κ2) is 6.37. The number of hydrazine groups is 1. The molecule has 0 amide bonds. The average Bonchev–Trinajstić information content (AvgIpc) is 2.38. The third kappa shape index (κ3) is 3.35. The summed E-state index contributed by atoms with van der Waals surface area (Å²) >= 11 is 1.61. The van der Waals surface area contributed by atoms with Gasteiger partial charge >= 0.3 is 0 Å². The standard InChI is InChI=1S/C10H18N4O2S2/c1-8(7-17-3)14(2)18(15,16)9-4-5-10(13-11)12-6-9/h4-6,8H,7,11H2,1-3H3,(H,12,13). The third-order valence-electron chi connectivity index (χ3n) is 2.59. The molecule has 0 aliphatic carbocycles. The number of nitrogens with two attached hydrogens (primary N) is 1. The van der Waals surface area contributed by atoms with Gasteiger partial charge in [0.05, 0.1) is 0 Å². The molecule has 0 spiro atoms. The summed E-state index contributed by atoms with van der Waals surface area (Å²) in [6.07, 6.45) is 3.24. The van der Waals surface area contributed by atoms with E-state index in [1.54, 1.807) is 18.8 Å². The number of rotatable bonds is 6. The quantitative estimate of drug-likeness (QED) is 0.593. The highest BCUT2D eigenvalue weighted by Gasteiger charge is 2.25. The van der Waals surface area contributed by atoms with Crippen LogP contribution in [0.4, 0.5) is 5.82 Å². The van der Waals surface area contributed by atoms with Crippen molar-refractivity contribution in [3.05, 3.63) is 18.3 Å². The molecule has 6 nitrogen and oxygen atoms in total. The van der Waals surface area contributed by atoms with Crippen LogP contribution in [-0.4, -0.2) is 42.8 Å². The van der Waals surface area contributed by atoms with Gasteiger partial charge in [-0.2, -0.15) is 16.1 Å². The molecule has 1 rings (SSSR count). The lowest BCUT2D eigenvalue weighted by atomic mass is 10.4. The summed E-state index contributed by atoms with van der Waals surface area (Å²) in [6.45, 7) is 1.87. The van der Waals surface area contributed by atoms with Gasteiger partial charge in [0.25, 0.3) is 0 Å². The van der Waals surface area contributed by atoms with E-state index in [0.29, 0.717) is 5.82 Å². The molecule has 1 aromatic heterocycles. The van der Waals surface area contributed by atoms with E-state index in [4.69, 9.17) is 5.84 Å². The molecule has 0 fully saturated rings. The molecular weight excluding hydrogens is 272 g/mol. The molecule has 1 heterocycles. The summed E-state index contributed by atoms with van der Waals surface area (Å²) in [6, 6.07) is 2.94. The van der Waals surface area contributed by atoms with Gasteiger partial charge in [0.2, 0.25) is 10.0 Å². The fourth-order valence-electron chi connectivity index (χ4n) is 1.37. The number of hydrogen-bond acceptors (Lipinski definition) is 6. The van der Waals surface area contributed by atoms with Crippen molar-refractivity contribution in [1.82, 2.24) is 9.29 Å². The van der Waals surface area contributed by atoms with Crippen molar-refractivity contribution in [2.75, 3.05) is 24.5 Å². The summed E-state index contributed by atoms with van der Waals surface area (Å²) in [4.78, 5) is 4.07. The molecule has 1 unspecified atom stereocenters. The number of anilines is 1. The molecule has 1 aromatic rings. The Balaban J connectivity index is 2.97. The van der Waals surface area contributed by atoms with E-state index in [2.05, 4.69) is 10.4 Å². The molecule has 1 atom stereocenters. The van der Waals surface area contributed by atoms with Gasteiger partial charge in [-0.3, -0.25) is 0 Å². The van der Waals surface area contributed by atoms with Crippen molar-refractivity contribution < 1.29 is 8.42 Å². The number of aromatic nitrogens is 1. The van der Waals surface area contributed by atoms with E-state index in [-0.39, 0.29) is 10.9 Å². The maximum absolute atomic E-state index is 12.3. The van der Waals surface area contributed by atoms with Crippen molar-refractivity contribution in [1.29, 1.82) is 0 Å². The highest BCUT2D eigenvalue weighted by molar-refractivity contribution is 7.98. The molecule has 3 N–H and O–H groups in total. The van der Waals surface area contributed by atoms with Crippen LogP contribution in [0.5, 0.6) is 0 Å². The molecule has 18 heavy (non-hydrogen) atoms. The first-order chi connectivity index (χ1) is 8.43. The van der Waals surface area contributed by atoms with Crippen molar-refractivity contribution in [3.8, 4) is 0 Å². The SMILES string of the molecule is CSCC(C)N(C)S(=O)(=O)c1ccc(NN)nc1. The van der Waals surface area contributed by atoms with Gasteiger partial charge in [0.15, 0.2) is 0 Å². The minimum Gasteiger partial charge on any atom is -0.308 e. The lowest BCUT2D eigenvalue weighted by Crippen LogP contribution is -2.36. The Labute approximate surface area is 112 Å². The molecule has 0 radical (unpaired) electrons. The Bertz CT molecular complexity index is 475. The summed E-state index contributed by atoms with van der Waals surface area (Å²) < 4.78 is 25.9. The molecule has 0 aromatic carbocycles. The molecule has 0 saturated heterocycles. The summed E-state index contributed by atoms with van der Waals surface area (Å²) in [5.41, 5.74) is 2.36. The molecule has 102 valence electrons. The predicted molar refractivity (Wildman–Crippen MR) is 74.8 cm³/mol. The molecular formula is C10H18N4O2S2. The first-order valence-electron chi connectivity index (χ1n) is 5.33. The molecule has 0 saturated carbocycles. The predicted octanol–water partition coefficient (Wildman–Crippen LogP) is 0.739. The van der Waals surface area contributed by atoms with Crippen LogP contribution in [0, 0.1) is 0 Å². The number of thioether (sulfide) groups is 1. The van der Waals surface area contributed by atoms with Gasteiger partial charge in [0.1, 0.15) is 10.7 Å². The van der Waals surface area contributed by atoms with Crippen LogP contribution in [0.1, 0.15) is 6.92 Å². The fraction of sp³-hybridized carbons (Fsp3) is 0.500. The number of nitrogens with zero attached hydrogens (tertiary/aromatic N) is 2. The van der Waals surface area contributed by atoms with Gasteiger partial charge < -0.3 is 5.43 Å². The largest absolute Gasteiger partial charge is 0.308 e. The first-order valence-corrected chi connectivity index (χ1v) is 8.16. The van der Waals surface area contributed by atoms with Crippen molar-refractivity contribution in [2.24, 2.45) is 5.84 Å². The van der Waals surface area contributed by atoms with E-state index in [0.717, 1.165) is 5.75 Å². The highest BCUT2D eigenvalue weighted by atomic mass is 32.2. The smallest absolute Gasteiger partial charge is 0.244 e. The Morgan fingerprint density at radius 2 is 2.22 bits per heavy atom. The third-order valence-corrected chi connectivity index (χ3v) is 5.36. The van der Waals surface area contributed by atoms with E-state index in [9.17, 15) is 8.42 Å². The number of pyridine rings is 1. The summed E-state index contributed by atoms with van der Waals surface area (Å²) in [7, 11) is -1.92. The number of nitrogen functional groups attached to an aromatic ring is 1. The van der Waals surface area contributed by atoms with Gasteiger partial charge in [0, 0.05) is 25.0 Å². The Kier molecular flexibility index (Phi) is 5.39. The van der Waals surface area contributed by atoms with Crippen LogP contribution in [0.3, 0.4) is 0 Å². The van der Waals surface area contributed by atoms with E-state index < -0.39 is 10.0 Å². The van der Waals surface area contributed by atoms with Gasteiger partial charge in [-0.05, 0) is 25.3 Å². The first kappa shape index (κ1) is 15.2. The van der Waals surface area contributed by atoms with Crippen LogP contribution in [-0.2, 0) is 10.0 Å². The van der Waals surface area contributed by atoms with Crippen molar-refractivity contribution in [3.63, 3.8) is 0 Å². The molecule has 0 bridgehead atoms. The monoisotopic (exact) mass is 290 g/mol. The van der Waals surface area contributed by atoms with Crippen molar-refractivity contribution >= 4 is 27.6 Å². The molecule has 8 heteroatoms. The fourth-order valence-corrected chi connectivity index (χ4v) is 3.47. The van der Waals surface area contributed by atoms with E-state index in [1.807, 2.05) is 13.2 Å². The lowest BCUT2D eigenvalue weighted by Gasteiger charge is -2.23. The van der Waals surface area contributed by atoms with Crippen LogP contribution >= 0.6 is 11.8 Å². The number of hydrogen-bond donors (Lipinski definition) is 2. The molecule has 0 aliphatic rings. The minimum atomic E-state index is -3.50. The molecule has 0 aliphatic heterocycles. The minimum absolute atomic E-state index is 0.0719. The zero-order valence-electron chi connectivity index (χ0n) is 10.6. The zero-order chi connectivity index (χ0) is 13.8. The maximum atomic E-state index is 12.3. The summed E-state index contributed by atoms with van der Waals surface area (Å²) in [5, 5.41) is 0. The van der Waals surface area contributed by atoms with Crippen LogP contribution in [0.2, 0.25) is 0 Å². The number of sulfonamides is 1. The second-order valence-corrected chi connectivity index (χ2v) is 6.76. The second-order valence-electron chi connectivity index (χ2n) is 3.85. The van der Waals surface area contributed by atoms with Crippen LogP contribution < -0.4 is 11.3 Å². The van der Waals surface area contributed by atoms with Crippen LogP contribution in [0.25, 0.3) is 0 Å². The lowest BCUT2D eigenvalue weighted by molar-refractivity contribution is 0.415. The Morgan fingerprint density at radius 3 is 2.67 bits per heavy atom. The summed E-state index contributed by atoms with van der Waals surface area (Å²) in [5.74, 6) is 6.35. The van der Waals surface area contributed by atoms with Crippen molar-refractivity contribution in [2.45, 2.75) is 17.9 Å². The van der Waals surface area contributed by atoms with E-state index in [1.165, 1.54) is 22.6 Å². The highest BCUT2D eigenvalue weighted by Crippen LogP contribution is 2.18. The zero-order valence-corrected chi connectivity index (χ0v) is 12.3. The van der Waals surface area contributed by atoms with Crippen LogP contribution in [0.15, 0.2) is 23.2 Å². The normalized spacial score (nSPS) is 13.6. The number of nitrogens with one attached hydrogen (secondary N) is 1. The van der Waals surface area contributed by atoms with Gasteiger partial charge in [-0.15, -0.1) is 0 Å². The average molecular weight is 290 g/mol. The van der Waals surface area contributed by atoms with Gasteiger partial charge in [-0.25, -0.2) is 19.2 Å². The Morgan fingerprint density at radius 1 is 1.56 bits per heavy atom. The topological polar surface area (TPSA) is 88.3 Å². The van der Waals surface area contributed by atoms with Gasteiger partial charge in [-0.1, -0.05) is 0 Å². The maximum Gasteiger partial charge on any atom is 0.244 e.